The summed E-state index contributed by atoms with van der Waals surface area (Å²) >= 11 is 19.6. The van der Waals surface area contributed by atoms with E-state index in [1.165, 1.54) is 18.4 Å². The van der Waals surface area contributed by atoms with Crippen LogP contribution >= 0.6 is 46.1 Å². The molecule has 5 aromatic rings. The molecule has 184 valence electrons. The summed E-state index contributed by atoms with van der Waals surface area (Å²) in [6, 6.07) is 21.3. The first-order valence-electron chi connectivity index (χ1n) is 11.0. The summed E-state index contributed by atoms with van der Waals surface area (Å²) in [4.78, 5) is 31.1. The molecule has 0 spiro atoms. The molecule has 0 saturated heterocycles. The molecule has 0 atom stereocenters. The molecule has 0 saturated carbocycles. The van der Waals surface area contributed by atoms with E-state index in [-0.39, 0.29) is 5.56 Å². The number of halogens is 3. The summed E-state index contributed by atoms with van der Waals surface area (Å²) in [7, 11) is 1.30. The van der Waals surface area contributed by atoms with Crippen LogP contribution in [0.4, 0.5) is 5.00 Å². The number of nitrogens with zero attached hydrogens (tertiary/aromatic N) is 1. The minimum atomic E-state index is -0.558. The number of amides is 1. The van der Waals surface area contributed by atoms with Gasteiger partial charge in [0.25, 0.3) is 5.91 Å². The molecule has 0 aliphatic carbocycles. The second-order valence-corrected chi connectivity index (χ2v) is 10.1. The average Bonchev–Trinajstić information content (AvgIpc) is 3.32. The van der Waals surface area contributed by atoms with Crippen molar-refractivity contribution in [2.45, 2.75) is 0 Å². The quantitative estimate of drug-likeness (QED) is 0.216. The van der Waals surface area contributed by atoms with E-state index in [0.717, 1.165) is 5.56 Å². The zero-order valence-corrected chi connectivity index (χ0v) is 22.3. The van der Waals surface area contributed by atoms with E-state index >= 15 is 0 Å². The van der Waals surface area contributed by atoms with E-state index in [4.69, 9.17) is 44.5 Å². The van der Waals surface area contributed by atoms with Crippen molar-refractivity contribution in [2.24, 2.45) is 0 Å². The minimum Gasteiger partial charge on any atom is -0.465 e. The Morgan fingerprint density at radius 3 is 2.35 bits per heavy atom. The molecular weight excluding hydrogens is 551 g/mol. The topological polar surface area (TPSA) is 68.3 Å². The van der Waals surface area contributed by atoms with Crippen molar-refractivity contribution >= 4 is 73.9 Å². The number of hydrogen-bond acceptors (Lipinski definition) is 5. The highest BCUT2D eigenvalue weighted by molar-refractivity contribution is 7.15. The predicted molar refractivity (Wildman–Crippen MR) is 151 cm³/mol. The van der Waals surface area contributed by atoms with E-state index in [1.807, 2.05) is 36.4 Å². The maximum absolute atomic E-state index is 13.6. The SMILES string of the molecule is COC(=O)c1c(-c2ccc(Cl)cc2)csc1NC(=O)c1cc(-c2ccc(Cl)c(Cl)c2)nc2ccccc12. The highest BCUT2D eigenvalue weighted by Crippen LogP contribution is 2.37. The third-order valence-electron chi connectivity index (χ3n) is 5.74. The number of nitrogens with one attached hydrogen (secondary N) is 1. The van der Waals surface area contributed by atoms with Crippen molar-refractivity contribution in [3.05, 3.63) is 104 Å². The van der Waals surface area contributed by atoms with Crippen molar-refractivity contribution < 1.29 is 14.3 Å². The molecule has 0 aliphatic rings. The van der Waals surface area contributed by atoms with Crippen LogP contribution in [0.5, 0.6) is 0 Å². The number of rotatable bonds is 5. The summed E-state index contributed by atoms with van der Waals surface area (Å²) in [5, 5.41) is 7.14. The van der Waals surface area contributed by atoms with Crippen LogP contribution in [0.25, 0.3) is 33.3 Å². The number of carbonyl (C=O) groups is 2. The minimum absolute atomic E-state index is 0.270. The number of para-hydroxylation sites is 1. The van der Waals surface area contributed by atoms with E-state index < -0.39 is 11.9 Å². The lowest BCUT2D eigenvalue weighted by molar-refractivity contribution is 0.0603. The van der Waals surface area contributed by atoms with Gasteiger partial charge in [0.2, 0.25) is 0 Å². The van der Waals surface area contributed by atoms with Gasteiger partial charge in [-0.15, -0.1) is 11.3 Å². The van der Waals surface area contributed by atoms with Crippen molar-refractivity contribution in [3.63, 3.8) is 0 Å². The fraction of sp³-hybridized carbons (Fsp3) is 0.0357. The lowest BCUT2D eigenvalue weighted by Crippen LogP contribution is -2.15. The normalized spacial score (nSPS) is 10.9. The monoisotopic (exact) mass is 566 g/mol. The standard InChI is InChI=1S/C28H17Cl3N2O3S/c1-36-28(35)25-20(15-6-9-17(29)10-7-15)14-37-27(25)33-26(34)19-13-24(16-8-11-21(30)22(31)12-16)32-23-5-3-2-4-18(19)23/h2-14H,1H3,(H,33,34). The molecule has 5 nitrogen and oxygen atoms in total. The average molecular weight is 568 g/mol. The number of fused-ring (bicyclic) bond motifs is 1. The Kier molecular flexibility index (Phi) is 7.17. The van der Waals surface area contributed by atoms with E-state index in [0.29, 0.717) is 53.4 Å². The van der Waals surface area contributed by atoms with Gasteiger partial charge in [-0.05, 0) is 42.0 Å². The molecule has 0 fully saturated rings. The van der Waals surface area contributed by atoms with Crippen LogP contribution in [0.2, 0.25) is 15.1 Å². The molecule has 5 rings (SSSR count). The smallest absolute Gasteiger partial charge is 0.341 e. The molecule has 0 bridgehead atoms. The van der Waals surface area contributed by atoms with Crippen LogP contribution in [0.1, 0.15) is 20.7 Å². The Morgan fingerprint density at radius 2 is 1.62 bits per heavy atom. The molecule has 0 radical (unpaired) electrons. The Labute approximate surface area is 231 Å². The van der Waals surface area contributed by atoms with E-state index in [1.54, 1.807) is 41.8 Å². The maximum Gasteiger partial charge on any atom is 0.341 e. The van der Waals surface area contributed by atoms with Crippen molar-refractivity contribution in [1.82, 2.24) is 4.98 Å². The lowest BCUT2D eigenvalue weighted by Gasteiger charge is -2.12. The highest BCUT2D eigenvalue weighted by Gasteiger charge is 2.24. The van der Waals surface area contributed by atoms with E-state index in [9.17, 15) is 9.59 Å². The Morgan fingerprint density at radius 1 is 0.892 bits per heavy atom. The number of aromatic nitrogens is 1. The number of benzene rings is 3. The lowest BCUT2D eigenvalue weighted by atomic mass is 10.0. The number of pyridine rings is 1. The largest absolute Gasteiger partial charge is 0.465 e. The van der Waals surface area contributed by atoms with Gasteiger partial charge in [0.05, 0.1) is 33.9 Å². The van der Waals surface area contributed by atoms with Gasteiger partial charge in [0.1, 0.15) is 10.6 Å². The van der Waals surface area contributed by atoms with Gasteiger partial charge in [-0.2, -0.15) is 0 Å². The van der Waals surface area contributed by atoms with Crippen LogP contribution in [-0.4, -0.2) is 24.0 Å². The molecule has 1 N–H and O–H groups in total. The van der Waals surface area contributed by atoms with Crippen LogP contribution in [0.3, 0.4) is 0 Å². The first-order chi connectivity index (χ1) is 17.9. The van der Waals surface area contributed by atoms with Crippen molar-refractivity contribution in [2.75, 3.05) is 12.4 Å². The molecule has 37 heavy (non-hydrogen) atoms. The first kappa shape index (κ1) is 25.2. The predicted octanol–water partition coefficient (Wildman–Crippen LogP) is 8.63. The van der Waals surface area contributed by atoms with Gasteiger partial charge in [-0.3, -0.25) is 4.79 Å². The van der Waals surface area contributed by atoms with Crippen LogP contribution in [0.15, 0.2) is 78.2 Å². The van der Waals surface area contributed by atoms with Gasteiger partial charge in [-0.1, -0.05) is 71.2 Å². The van der Waals surface area contributed by atoms with Crippen LogP contribution in [-0.2, 0) is 4.74 Å². The summed E-state index contributed by atoms with van der Waals surface area (Å²) < 4.78 is 5.03. The second-order valence-electron chi connectivity index (χ2n) is 8.01. The zero-order valence-electron chi connectivity index (χ0n) is 19.2. The summed E-state index contributed by atoms with van der Waals surface area (Å²) in [5.41, 5.74) is 3.99. The Bertz CT molecular complexity index is 1670. The summed E-state index contributed by atoms with van der Waals surface area (Å²) in [6.45, 7) is 0. The number of hydrogen-bond donors (Lipinski definition) is 1. The molecule has 2 heterocycles. The van der Waals surface area contributed by atoms with Gasteiger partial charge in [0.15, 0.2) is 0 Å². The van der Waals surface area contributed by atoms with Gasteiger partial charge >= 0.3 is 5.97 Å². The molecule has 9 heteroatoms. The molecule has 1 amide bonds. The Hall–Kier alpha value is -3.42. The fourth-order valence-electron chi connectivity index (χ4n) is 3.93. The molecule has 3 aromatic carbocycles. The fourth-order valence-corrected chi connectivity index (χ4v) is 5.31. The third-order valence-corrected chi connectivity index (χ3v) is 7.63. The maximum atomic E-state index is 13.6. The summed E-state index contributed by atoms with van der Waals surface area (Å²) in [5.74, 6) is -0.952. The highest BCUT2D eigenvalue weighted by atomic mass is 35.5. The first-order valence-corrected chi connectivity index (χ1v) is 13.0. The van der Waals surface area contributed by atoms with Crippen LogP contribution < -0.4 is 5.32 Å². The van der Waals surface area contributed by atoms with Crippen molar-refractivity contribution in [1.29, 1.82) is 0 Å². The van der Waals surface area contributed by atoms with Crippen molar-refractivity contribution in [3.8, 4) is 22.4 Å². The number of carbonyl (C=O) groups excluding carboxylic acids is 2. The van der Waals surface area contributed by atoms with Gasteiger partial charge in [-0.25, -0.2) is 9.78 Å². The Balaban J connectivity index is 1.58. The molecule has 2 aromatic heterocycles. The molecule has 0 unspecified atom stereocenters. The van der Waals surface area contributed by atoms with Gasteiger partial charge in [0, 0.05) is 26.9 Å². The van der Waals surface area contributed by atoms with E-state index in [2.05, 4.69) is 5.32 Å². The van der Waals surface area contributed by atoms with Crippen LogP contribution in [0, 0.1) is 0 Å². The zero-order chi connectivity index (χ0) is 26.1. The number of anilines is 1. The number of ether oxygens (including phenoxy) is 1. The second kappa shape index (κ2) is 10.5. The number of thiophene rings is 1. The summed E-state index contributed by atoms with van der Waals surface area (Å²) in [6.07, 6.45) is 0. The number of methoxy groups -OCH3 is 1. The molecule has 0 aliphatic heterocycles. The van der Waals surface area contributed by atoms with Gasteiger partial charge < -0.3 is 10.1 Å². The third kappa shape index (κ3) is 5.06. The molecular formula is C28H17Cl3N2O3S. The number of esters is 1.